The number of imidazole rings is 1. The first-order valence-corrected chi connectivity index (χ1v) is 7.53. The molecule has 0 spiro atoms. The van der Waals surface area contributed by atoms with Crippen molar-refractivity contribution in [2.75, 3.05) is 0 Å². The van der Waals surface area contributed by atoms with E-state index in [0.717, 1.165) is 28.1 Å². The van der Waals surface area contributed by atoms with Crippen molar-refractivity contribution in [3.8, 4) is 5.69 Å². The molecule has 3 heteroatoms. The van der Waals surface area contributed by atoms with Crippen LogP contribution in [0, 0.1) is 0 Å². The number of hydrogen-bond donors (Lipinski definition) is 0. The van der Waals surface area contributed by atoms with Crippen LogP contribution in [-0.4, -0.2) is 14.5 Å². The summed E-state index contributed by atoms with van der Waals surface area (Å²) in [5.74, 6) is 0.911. The van der Waals surface area contributed by atoms with Gasteiger partial charge in [0, 0.05) is 18.1 Å². The third kappa shape index (κ3) is 2.64. The number of aromatic nitrogens is 3. The second-order valence-corrected chi connectivity index (χ2v) is 5.24. The van der Waals surface area contributed by atoms with E-state index < -0.39 is 0 Å². The van der Waals surface area contributed by atoms with E-state index in [2.05, 4.69) is 33.8 Å². The van der Waals surface area contributed by atoms with Gasteiger partial charge in [0.1, 0.15) is 5.82 Å². The van der Waals surface area contributed by atoms with Crippen LogP contribution in [0.4, 0.5) is 0 Å². The maximum atomic E-state index is 4.76. The summed E-state index contributed by atoms with van der Waals surface area (Å²) >= 11 is 0. The third-order valence-electron chi connectivity index (χ3n) is 3.73. The number of pyridine rings is 1. The largest absolute Gasteiger partial charge is 0.293 e. The number of fused-ring (bicyclic) bond motifs is 1. The molecule has 0 radical (unpaired) electrons. The van der Waals surface area contributed by atoms with Gasteiger partial charge in [-0.15, -0.1) is 0 Å². The zero-order valence-corrected chi connectivity index (χ0v) is 12.5. The highest BCUT2D eigenvalue weighted by atomic mass is 15.1. The van der Waals surface area contributed by atoms with Crippen LogP contribution in [0.1, 0.15) is 11.4 Å². The Morgan fingerprint density at radius 1 is 0.739 bits per heavy atom. The van der Waals surface area contributed by atoms with Crippen LogP contribution in [0.15, 0.2) is 79.1 Å². The van der Waals surface area contributed by atoms with Crippen LogP contribution >= 0.6 is 0 Å². The molecule has 0 aliphatic rings. The Morgan fingerprint density at radius 3 is 2.30 bits per heavy atom. The summed E-state index contributed by atoms with van der Waals surface area (Å²) in [4.78, 5) is 8.81. The summed E-state index contributed by atoms with van der Waals surface area (Å²) in [6, 6.07) is 22.4. The molecule has 0 fully saturated rings. The fourth-order valence-corrected chi connectivity index (χ4v) is 2.65. The molecule has 2 aromatic carbocycles. The molecule has 110 valence electrons. The molecule has 0 amide bonds. The Hall–Kier alpha value is -3.20. The summed E-state index contributed by atoms with van der Waals surface area (Å²) in [6.07, 6.45) is 7.68. The minimum atomic E-state index is 0.911. The predicted molar refractivity (Wildman–Crippen MR) is 94.2 cm³/mol. The molecule has 2 aromatic heterocycles. The minimum Gasteiger partial charge on any atom is -0.293 e. The zero-order valence-electron chi connectivity index (χ0n) is 12.5. The predicted octanol–water partition coefficient (Wildman–Crippen LogP) is 4.59. The quantitative estimate of drug-likeness (QED) is 0.553. The van der Waals surface area contributed by atoms with E-state index in [4.69, 9.17) is 4.98 Å². The lowest BCUT2D eigenvalue weighted by atomic mass is 10.2. The second-order valence-electron chi connectivity index (χ2n) is 5.24. The van der Waals surface area contributed by atoms with Crippen molar-refractivity contribution in [3.63, 3.8) is 0 Å². The molecule has 4 aromatic rings. The molecule has 3 nitrogen and oxygen atoms in total. The topological polar surface area (TPSA) is 30.7 Å². The molecule has 0 saturated heterocycles. The van der Waals surface area contributed by atoms with Crippen LogP contribution < -0.4 is 0 Å². The van der Waals surface area contributed by atoms with Crippen LogP contribution in [-0.2, 0) is 0 Å². The van der Waals surface area contributed by atoms with Gasteiger partial charge in [-0.25, -0.2) is 4.98 Å². The van der Waals surface area contributed by atoms with Crippen molar-refractivity contribution < 1.29 is 0 Å². The normalized spacial score (nSPS) is 11.3. The lowest BCUT2D eigenvalue weighted by molar-refractivity contribution is 1.07. The van der Waals surface area contributed by atoms with Gasteiger partial charge >= 0.3 is 0 Å². The van der Waals surface area contributed by atoms with Crippen LogP contribution in [0.5, 0.6) is 0 Å². The Kier molecular flexibility index (Phi) is 3.45. The molecule has 0 aliphatic heterocycles. The summed E-state index contributed by atoms with van der Waals surface area (Å²) in [5.41, 5.74) is 4.31. The van der Waals surface area contributed by atoms with Gasteiger partial charge in [0.2, 0.25) is 0 Å². The molecule has 0 atom stereocenters. The molecule has 0 bridgehead atoms. The molecule has 0 unspecified atom stereocenters. The minimum absolute atomic E-state index is 0.911. The van der Waals surface area contributed by atoms with Crippen molar-refractivity contribution in [2.45, 2.75) is 0 Å². The monoisotopic (exact) mass is 297 g/mol. The highest BCUT2D eigenvalue weighted by Crippen LogP contribution is 2.22. The highest BCUT2D eigenvalue weighted by Gasteiger charge is 2.09. The smallest absolute Gasteiger partial charge is 0.138 e. The molecule has 4 rings (SSSR count). The SMILES string of the molecule is C(=Cc1nc2ccccc2n1-c1ccccc1)c1ccncc1. The van der Waals surface area contributed by atoms with Gasteiger partial charge in [0.25, 0.3) is 0 Å². The van der Waals surface area contributed by atoms with Gasteiger partial charge in [-0.05, 0) is 48.0 Å². The average molecular weight is 297 g/mol. The summed E-state index contributed by atoms with van der Waals surface area (Å²) in [7, 11) is 0. The second kappa shape index (κ2) is 5.89. The number of hydrogen-bond acceptors (Lipinski definition) is 2. The van der Waals surface area contributed by atoms with E-state index in [1.807, 2.05) is 54.6 Å². The average Bonchev–Trinajstić information content (AvgIpc) is 3.00. The summed E-state index contributed by atoms with van der Waals surface area (Å²) in [6.45, 7) is 0. The van der Waals surface area contributed by atoms with Crippen molar-refractivity contribution in [1.82, 2.24) is 14.5 Å². The van der Waals surface area contributed by atoms with Gasteiger partial charge in [-0.2, -0.15) is 0 Å². The van der Waals surface area contributed by atoms with E-state index in [1.54, 1.807) is 12.4 Å². The number of rotatable bonds is 3. The summed E-state index contributed by atoms with van der Waals surface area (Å²) in [5, 5.41) is 0. The Labute approximate surface area is 134 Å². The summed E-state index contributed by atoms with van der Waals surface area (Å²) < 4.78 is 2.17. The standard InChI is InChI=1S/C20H15N3/c1-2-6-17(7-3-1)23-19-9-5-4-8-18(19)22-20(23)11-10-16-12-14-21-15-13-16/h1-15H. The fraction of sp³-hybridized carbons (Fsp3) is 0. The van der Waals surface area contributed by atoms with Gasteiger partial charge in [-0.1, -0.05) is 36.4 Å². The maximum absolute atomic E-state index is 4.76. The van der Waals surface area contributed by atoms with Crippen molar-refractivity contribution in [3.05, 3.63) is 90.5 Å². The Morgan fingerprint density at radius 2 is 1.48 bits per heavy atom. The highest BCUT2D eigenvalue weighted by molar-refractivity contribution is 5.82. The van der Waals surface area contributed by atoms with Crippen LogP contribution in [0.3, 0.4) is 0 Å². The first-order valence-electron chi connectivity index (χ1n) is 7.53. The van der Waals surface area contributed by atoms with E-state index in [1.165, 1.54) is 0 Å². The molecular weight excluding hydrogens is 282 g/mol. The molecule has 0 saturated carbocycles. The molecule has 23 heavy (non-hydrogen) atoms. The van der Waals surface area contributed by atoms with Gasteiger partial charge in [0.15, 0.2) is 0 Å². The van der Waals surface area contributed by atoms with Crippen molar-refractivity contribution in [1.29, 1.82) is 0 Å². The number of benzene rings is 2. The third-order valence-corrected chi connectivity index (χ3v) is 3.73. The van der Waals surface area contributed by atoms with Gasteiger partial charge in [-0.3, -0.25) is 9.55 Å². The van der Waals surface area contributed by atoms with E-state index in [0.29, 0.717) is 0 Å². The molecule has 2 heterocycles. The van der Waals surface area contributed by atoms with Crippen LogP contribution in [0.25, 0.3) is 28.9 Å². The molecule has 0 aliphatic carbocycles. The Bertz CT molecular complexity index is 954. The number of nitrogens with zero attached hydrogens (tertiary/aromatic N) is 3. The number of para-hydroxylation sites is 3. The van der Waals surface area contributed by atoms with E-state index in [-0.39, 0.29) is 0 Å². The van der Waals surface area contributed by atoms with E-state index in [9.17, 15) is 0 Å². The first kappa shape index (κ1) is 13.5. The lowest BCUT2D eigenvalue weighted by Crippen LogP contribution is -1.96. The molecular formula is C20H15N3. The first-order chi connectivity index (χ1) is 11.4. The Balaban J connectivity index is 1.88. The van der Waals surface area contributed by atoms with Gasteiger partial charge < -0.3 is 0 Å². The maximum Gasteiger partial charge on any atom is 0.138 e. The van der Waals surface area contributed by atoms with Gasteiger partial charge in [0.05, 0.1) is 11.0 Å². The lowest BCUT2D eigenvalue weighted by Gasteiger charge is -2.06. The zero-order chi connectivity index (χ0) is 15.5. The molecule has 0 N–H and O–H groups in total. The van der Waals surface area contributed by atoms with Crippen LogP contribution in [0.2, 0.25) is 0 Å². The van der Waals surface area contributed by atoms with Crippen molar-refractivity contribution in [2.24, 2.45) is 0 Å². The van der Waals surface area contributed by atoms with E-state index >= 15 is 0 Å². The fourth-order valence-electron chi connectivity index (χ4n) is 2.65. The van der Waals surface area contributed by atoms with Crippen molar-refractivity contribution >= 4 is 23.2 Å².